The highest BCUT2D eigenvalue weighted by Gasteiger charge is 2.32. The van der Waals surface area contributed by atoms with Crippen LogP contribution >= 0.6 is 0 Å². The number of nitrogens with two attached hydrogens (primary N) is 1. The molecule has 0 radical (unpaired) electrons. The SMILES string of the molecule is CC(C)(C)CC1CC(NC(=O)OC(C)(C)C)CN(CC(N)=O)C1. The van der Waals surface area contributed by atoms with E-state index < -0.39 is 11.7 Å². The van der Waals surface area contributed by atoms with Gasteiger partial charge in [-0.25, -0.2) is 4.79 Å². The third-order valence-corrected chi connectivity index (χ3v) is 3.61. The molecule has 2 unspecified atom stereocenters. The summed E-state index contributed by atoms with van der Waals surface area (Å²) in [5.74, 6) is 0.0838. The van der Waals surface area contributed by atoms with Crippen molar-refractivity contribution in [1.29, 1.82) is 0 Å². The Bertz CT molecular complexity index is 424. The van der Waals surface area contributed by atoms with Gasteiger partial charge >= 0.3 is 6.09 Å². The monoisotopic (exact) mass is 327 g/mol. The van der Waals surface area contributed by atoms with Crippen molar-refractivity contribution >= 4 is 12.0 Å². The van der Waals surface area contributed by atoms with Crippen LogP contribution in [-0.4, -0.2) is 48.2 Å². The number of carbonyl (C=O) groups excluding carboxylic acids is 2. The van der Waals surface area contributed by atoms with Crippen LogP contribution in [0.5, 0.6) is 0 Å². The summed E-state index contributed by atoms with van der Waals surface area (Å²) in [5, 5.41) is 2.94. The Labute approximate surface area is 140 Å². The molecule has 1 fully saturated rings. The Hall–Kier alpha value is -1.30. The summed E-state index contributed by atoms with van der Waals surface area (Å²) in [4.78, 5) is 25.3. The first-order chi connectivity index (χ1) is 10.3. The van der Waals surface area contributed by atoms with E-state index in [2.05, 4.69) is 26.1 Å². The Morgan fingerprint density at radius 2 is 1.78 bits per heavy atom. The van der Waals surface area contributed by atoms with Gasteiger partial charge in [0.1, 0.15) is 5.60 Å². The van der Waals surface area contributed by atoms with Gasteiger partial charge in [0.2, 0.25) is 5.91 Å². The van der Waals surface area contributed by atoms with Gasteiger partial charge in [-0.1, -0.05) is 20.8 Å². The van der Waals surface area contributed by atoms with Gasteiger partial charge < -0.3 is 15.8 Å². The lowest BCUT2D eigenvalue weighted by atomic mass is 9.80. The van der Waals surface area contributed by atoms with Crippen molar-refractivity contribution < 1.29 is 14.3 Å². The number of nitrogens with zero attached hydrogens (tertiary/aromatic N) is 1. The summed E-state index contributed by atoms with van der Waals surface area (Å²) < 4.78 is 5.33. The zero-order chi connectivity index (χ0) is 17.8. The lowest BCUT2D eigenvalue weighted by Crippen LogP contribution is -2.53. The summed E-state index contributed by atoms with van der Waals surface area (Å²) in [5.41, 5.74) is 5.02. The van der Waals surface area contributed by atoms with E-state index in [9.17, 15) is 9.59 Å². The van der Waals surface area contributed by atoms with E-state index >= 15 is 0 Å². The number of rotatable bonds is 4. The number of piperidine rings is 1. The molecule has 1 heterocycles. The van der Waals surface area contributed by atoms with Gasteiger partial charge in [0, 0.05) is 19.1 Å². The molecule has 1 aliphatic rings. The van der Waals surface area contributed by atoms with E-state index in [-0.39, 0.29) is 23.9 Å². The minimum Gasteiger partial charge on any atom is -0.444 e. The molecule has 2 amide bonds. The molecule has 2 atom stereocenters. The summed E-state index contributed by atoms with van der Waals surface area (Å²) in [6.45, 7) is 13.8. The van der Waals surface area contributed by atoms with E-state index in [1.807, 2.05) is 25.7 Å². The predicted octanol–water partition coefficient (Wildman–Crippen LogP) is 2.12. The van der Waals surface area contributed by atoms with Crippen LogP contribution < -0.4 is 11.1 Å². The molecule has 6 nitrogen and oxygen atoms in total. The molecular formula is C17H33N3O3. The van der Waals surface area contributed by atoms with Gasteiger partial charge in [0.25, 0.3) is 0 Å². The van der Waals surface area contributed by atoms with Crippen LogP contribution in [0.4, 0.5) is 4.79 Å². The lowest BCUT2D eigenvalue weighted by molar-refractivity contribution is -0.119. The molecule has 0 aromatic carbocycles. The third kappa shape index (κ3) is 8.79. The third-order valence-electron chi connectivity index (χ3n) is 3.61. The average molecular weight is 327 g/mol. The average Bonchev–Trinajstić information content (AvgIpc) is 2.20. The molecule has 0 aliphatic carbocycles. The smallest absolute Gasteiger partial charge is 0.407 e. The molecular weight excluding hydrogens is 294 g/mol. The van der Waals surface area contributed by atoms with Crippen LogP contribution in [0.25, 0.3) is 0 Å². The highest BCUT2D eigenvalue weighted by atomic mass is 16.6. The number of carbonyl (C=O) groups is 2. The van der Waals surface area contributed by atoms with Crippen molar-refractivity contribution in [3.63, 3.8) is 0 Å². The van der Waals surface area contributed by atoms with Crippen molar-refractivity contribution in [2.24, 2.45) is 17.1 Å². The number of nitrogens with one attached hydrogen (secondary N) is 1. The Morgan fingerprint density at radius 1 is 1.17 bits per heavy atom. The highest BCUT2D eigenvalue weighted by molar-refractivity contribution is 5.76. The van der Waals surface area contributed by atoms with Crippen LogP contribution in [0, 0.1) is 11.3 Å². The van der Waals surface area contributed by atoms with E-state index in [1.54, 1.807) is 0 Å². The number of ether oxygens (including phenoxy) is 1. The van der Waals surface area contributed by atoms with Crippen LogP contribution in [0.1, 0.15) is 54.4 Å². The zero-order valence-electron chi connectivity index (χ0n) is 15.4. The van der Waals surface area contributed by atoms with Crippen LogP contribution in [0.3, 0.4) is 0 Å². The van der Waals surface area contributed by atoms with Crippen molar-refractivity contribution in [2.75, 3.05) is 19.6 Å². The van der Waals surface area contributed by atoms with E-state index in [1.165, 1.54) is 0 Å². The number of hydrogen-bond donors (Lipinski definition) is 2. The first-order valence-corrected chi connectivity index (χ1v) is 8.34. The fourth-order valence-electron chi connectivity index (χ4n) is 3.24. The van der Waals surface area contributed by atoms with Gasteiger partial charge in [0.15, 0.2) is 0 Å². The molecule has 1 aliphatic heterocycles. The van der Waals surface area contributed by atoms with Crippen LogP contribution in [0.15, 0.2) is 0 Å². The topological polar surface area (TPSA) is 84.7 Å². The molecule has 0 aromatic rings. The molecule has 23 heavy (non-hydrogen) atoms. The van der Waals surface area contributed by atoms with Crippen molar-refractivity contribution in [3.8, 4) is 0 Å². The molecule has 1 saturated heterocycles. The zero-order valence-corrected chi connectivity index (χ0v) is 15.4. The summed E-state index contributed by atoms with van der Waals surface area (Å²) >= 11 is 0. The van der Waals surface area contributed by atoms with Gasteiger partial charge in [0.05, 0.1) is 6.54 Å². The minimum absolute atomic E-state index is 0.0229. The summed E-state index contributed by atoms with van der Waals surface area (Å²) in [6.07, 6.45) is 1.53. The quantitative estimate of drug-likeness (QED) is 0.828. The molecule has 0 spiro atoms. The second-order valence-corrected chi connectivity index (χ2v) is 8.87. The second-order valence-electron chi connectivity index (χ2n) is 8.87. The molecule has 0 aromatic heterocycles. The molecule has 134 valence electrons. The normalized spacial score (nSPS) is 23.4. The maximum Gasteiger partial charge on any atom is 0.407 e. The lowest BCUT2D eigenvalue weighted by Gasteiger charge is -2.39. The van der Waals surface area contributed by atoms with Gasteiger partial charge in [-0.05, 0) is 44.9 Å². The van der Waals surface area contributed by atoms with Crippen molar-refractivity contribution in [3.05, 3.63) is 0 Å². The Balaban J connectivity index is 2.69. The number of likely N-dealkylation sites (tertiary alicyclic amines) is 1. The highest BCUT2D eigenvalue weighted by Crippen LogP contribution is 2.30. The predicted molar refractivity (Wildman–Crippen MR) is 91.0 cm³/mol. The number of alkyl carbamates (subject to hydrolysis) is 1. The van der Waals surface area contributed by atoms with Crippen LogP contribution in [0.2, 0.25) is 0 Å². The first-order valence-electron chi connectivity index (χ1n) is 8.34. The van der Waals surface area contributed by atoms with Gasteiger partial charge in [-0.15, -0.1) is 0 Å². The largest absolute Gasteiger partial charge is 0.444 e. The standard InChI is InChI=1S/C17H33N3O3/c1-16(2,3)8-12-7-13(10-20(9-12)11-14(18)21)19-15(22)23-17(4,5)6/h12-13H,7-11H2,1-6H3,(H2,18,21)(H,19,22). The Kier molecular flexibility index (Phi) is 6.45. The molecule has 0 bridgehead atoms. The fourth-order valence-corrected chi connectivity index (χ4v) is 3.24. The second kappa shape index (κ2) is 7.51. The fraction of sp³-hybridized carbons (Fsp3) is 0.882. The molecule has 1 rings (SSSR count). The van der Waals surface area contributed by atoms with Crippen molar-refractivity contribution in [1.82, 2.24) is 10.2 Å². The van der Waals surface area contributed by atoms with Gasteiger partial charge in [-0.2, -0.15) is 0 Å². The molecule has 6 heteroatoms. The minimum atomic E-state index is -0.517. The number of primary amides is 1. The van der Waals surface area contributed by atoms with E-state index in [0.717, 1.165) is 19.4 Å². The van der Waals surface area contributed by atoms with Crippen LogP contribution in [-0.2, 0) is 9.53 Å². The molecule has 3 N–H and O–H groups in total. The maximum atomic E-state index is 12.0. The summed E-state index contributed by atoms with van der Waals surface area (Å²) in [7, 11) is 0. The van der Waals surface area contributed by atoms with Gasteiger partial charge in [-0.3, -0.25) is 9.69 Å². The van der Waals surface area contributed by atoms with Crippen molar-refractivity contribution in [2.45, 2.75) is 66.0 Å². The maximum absolute atomic E-state index is 12.0. The summed E-state index contributed by atoms with van der Waals surface area (Å²) in [6, 6.07) is -0.0229. The molecule has 0 saturated carbocycles. The Morgan fingerprint density at radius 3 is 2.26 bits per heavy atom. The van der Waals surface area contributed by atoms with E-state index in [0.29, 0.717) is 12.5 Å². The number of hydrogen-bond acceptors (Lipinski definition) is 4. The number of amides is 2. The van der Waals surface area contributed by atoms with E-state index in [4.69, 9.17) is 10.5 Å². The first kappa shape index (κ1) is 19.7.